The minimum Gasteiger partial charge on any atom is -0.339 e. The highest BCUT2D eigenvalue weighted by molar-refractivity contribution is 5.94. The van der Waals surface area contributed by atoms with E-state index in [1.54, 1.807) is 17.6 Å². The van der Waals surface area contributed by atoms with Crippen LogP contribution in [0.2, 0.25) is 0 Å². The van der Waals surface area contributed by atoms with E-state index >= 15 is 0 Å². The van der Waals surface area contributed by atoms with Crippen molar-refractivity contribution in [3.05, 3.63) is 47.3 Å². The van der Waals surface area contributed by atoms with E-state index in [1.807, 2.05) is 5.32 Å². The zero-order valence-electron chi connectivity index (χ0n) is 16.5. The molecule has 2 aromatic rings. The van der Waals surface area contributed by atoms with Gasteiger partial charge in [0, 0.05) is 18.3 Å². The first-order valence-electron chi connectivity index (χ1n) is 9.20. The van der Waals surface area contributed by atoms with Crippen molar-refractivity contribution in [2.45, 2.75) is 38.7 Å². The van der Waals surface area contributed by atoms with Crippen molar-refractivity contribution in [1.29, 1.82) is 5.26 Å². The second-order valence-corrected chi connectivity index (χ2v) is 7.15. The molecule has 1 aromatic heterocycles. The number of hydrogen-bond donors (Lipinski definition) is 2. The number of nitriles is 1. The minimum absolute atomic E-state index is 0.0778. The van der Waals surface area contributed by atoms with Crippen molar-refractivity contribution in [3.8, 4) is 6.07 Å². The molecule has 12 heteroatoms. The molecule has 1 aliphatic heterocycles. The molecule has 8 nitrogen and oxygen atoms in total. The zero-order valence-corrected chi connectivity index (χ0v) is 16.5. The first-order valence-corrected chi connectivity index (χ1v) is 9.20. The largest absolute Gasteiger partial charge is 0.408 e. The lowest BCUT2D eigenvalue weighted by Gasteiger charge is -2.33. The first kappa shape index (κ1) is 22.1. The molecule has 0 fully saturated rings. The number of hydrogen-bond acceptors (Lipinski definition) is 4. The van der Waals surface area contributed by atoms with Gasteiger partial charge in [0.15, 0.2) is 5.69 Å². The topological polar surface area (TPSA) is 103 Å². The maximum absolute atomic E-state index is 13.5. The van der Waals surface area contributed by atoms with Crippen LogP contribution >= 0.6 is 0 Å². The molecule has 2 heterocycles. The molecule has 2 atom stereocenters. The summed E-state index contributed by atoms with van der Waals surface area (Å²) in [5.41, 5.74) is 0.0545. The fourth-order valence-electron chi connectivity index (χ4n) is 3.16. The molecule has 1 aliphatic rings. The predicted molar refractivity (Wildman–Crippen MR) is 100 cm³/mol. The molecule has 0 radical (unpaired) electrons. The number of nitrogens with zero attached hydrogens (tertiary/aromatic N) is 4. The Morgan fingerprint density at radius 1 is 1.35 bits per heavy atom. The van der Waals surface area contributed by atoms with Gasteiger partial charge in [0.2, 0.25) is 0 Å². The summed E-state index contributed by atoms with van der Waals surface area (Å²) in [6.45, 7) is 2.74. The summed E-state index contributed by atoms with van der Waals surface area (Å²) in [5.74, 6) is -1.72. The normalized spacial score (nSPS) is 16.8. The molecule has 0 unspecified atom stereocenters. The van der Waals surface area contributed by atoms with Gasteiger partial charge in [-0.2, -0.15) is 18.4 Å². The number of nitrogens with one attached hydrogen (secondary N) is 2. The lowest BCUT2D eigenvalue weighted by molar-refractivity contribution is -0.149. The molecule has 1 aromatic carbocycles. The summed E-state index contributed by atoms with van der Waals surface area (Å²) in [7, 11) is 0. The van der Waals surface area contributed by atoms with Gasteiger partial charge in [-0.1, -0.05) is 0 Å². The average molecular weight is 438 g/mol. The summed E-state index contributed by atoms with van der Waals surface area (Å²) < 4.78 is 53.4. The van der Waals surface area contributed by atoms with E-state index in [2.05, 4.69) is 10.3 Å². The number of halogens is 4. The quantitative estimate of drug-likeness (QED) is 0.719. The maximum atomic E-state index is 13.5. The third-order valence-electron chi connectivity index (χ3n) is 4.88. The van der Waals surface area contributed by atoms with Crippen LogP contribution in [0.25, 0.3) is 0 Å². The number of benzene rings is 1. The Morgan fingerprint density at radius 2 is 2.06 bits per heavy atom. The van der Waals surface area contributed by atoms with Gasteiger partial charge >= 0.3 is 12.2 Å². The minimum atomic E-state index is -4.61. The van der Waals surface area contributed by atoms with E-state index in [1.165, 1.54) is 23.4 Å². The van der Waals surface area contributed by atoms with Gasteiger partial charge in [-0.3, -0.25) is 4.79 Å². The number of amides is 3. The van der Waals surface area contributed by atoms with Gasteiger partial charge in [-0.15, -0.1) is 0 Å². The van der Waals surface area contributed by atoms with Crippen LogP contribution in [-0.4, -0.2) is 45.2 Å². The third kappa shape index (κ3) is 4.60. The summed E-state index contributed by atoms with van der Waals surface area (Å²) in [6, 6.07) is 2.26. The molecular formula is C19H18F4N6O2. The molecule has 0 saturated heterocycles. The SMILES string of the molecule is C[C@H]1CN(C(=O)Nc2ccc(F)c(C#N)c2)Cc2c(C(=O)N[C@H](C)C(F)(F)F)ncn21. The number of fused-ring (bicyclic) bond motifs is 1. The predicted octanol–water partition coefficient (Wildman–Crippen LogP) is 3.18. The second-order valence-electron chi connectivity index (χ2n) is 7.15. The Morgan fingerprint density at radius 3 is 2.71 bits per heavy atom. The van der Waals surface area contributed by atoms with Crippen molar-refractivity contribution in [2.75, 3.05) is 11.9 Å². The number of aromatic nitrogens is 2. The number of alkyl halides is 3. The molecule has 0 aliphatic carbocycles. The van der Waals surface area contributed by atoms with Crippen LogP contribution in [0, 0.1) is 17.1 Å². The van der Waals surface area contributed by atoms with E-state index in [0.717, 1.165) is 13.0 Å². The van der Waals surface area contributed by atoms with E-state index in [9.17, 15) is 27.2 Å². The highest BCUT2D eigenvalue weighted by Crippen LogP contribution is 2.25. The molecule has 2 N–H and O–H groups in total. The monoisotopic (exact) mass is 438 g/mol. The molecular weight excluding hydrogens is 420 g/mol. The summed E-state index contributed by atoms with van der Waals surface area (Å²) >= 11 is 0. The van der Waals surface area contributed by atoms with Crippen molar-refractivity contribution in [1.82, 2.24) is 19.8 Å². The fraction of sp³-hybridized carbons (Fsp3) is 0.368. The maximum Gasteiger partial charge on any atom is 0.408 e. The van der Waals surface area contributed by atoms with Crippen LogP contribution in [0.15, 0.2) is 24.5 Å². The standard InChI is InChI=1S/C19H18F4N6O2/c1-10-7-28(18(31)27-13-3-4-14(20)12(5-13)6-24)8-15-16(25-9-29(10)15)17(30)26-11(2)19(21,22)23/h3-5,9-11H,7-8H2,1-2H3,(H,26,30)(H,27,31)/t10-,11+/m0/s1. The smallest absolute Gasteiger partial charge is 0.339 e. The third-order valence-corrected chi connectivity index (χ3v) is 4.88. The molecule has 0 bridgehead atoms. The second kappa shape index (κ2) is 8.25. The molecule has 3 amide bonds. The van der Waals surface area contributed by atoms with E-state index in [0.29, 0.717) is 0 Å². The fourth-order valence-corrected chi connectivity index (χ4v) is 3.16. The Hall–Kier alpha value is -3.62. The Balaban J connectivity index is 1.78. The van der Waals surface area contributed by atoms with Gasteiger partial charge in [-0.25, -0.2) is 14.2 Å². The van der Waals surface area contributed by atoms with Crippen LogP contribution in [0.5, 0.6) is 0 Å². The Kier molecular flexibility index (Phi) is 5.88. The van der Waals surface area contributed by atoms with E-state index in [4.69, 9.17) is 5.26 Å². The molecule has 0 saturated carbocycles. The van der Waals surface area contributed by atoms with Crippen LogP contribution in [0.1, 0.15) is 41.6 Å². The van der Waals surface area contributed by atoms with Gasteiger partial charge in [0.05, 0.1) is 24.1 Å². The molecule has 31 heavy (non-hydrogen) atoms. The average Bonchev–Trinajstić information content (AvgIpc) is 3.13. The lowest BCUT2D eigenvalue weighted by atomic mass is 10.1. The Labute approximate surface area is 174 Å². The highest BCUT2D eigenvalue weighted by Gasteiger charge is 2.38. The summed E-state index contributed by atoms with van der Waals surface area (Å²) in [5, 5.41) is 13.3. The van der Waals surface area contributed by atoms with E-state index in [-0.39, 0.29) is 41.8 Å². The van der Waals surface area contributed by atoms with Crippen LogP contribution in [0.3, 0.4) is 0 Å². The van der Waals surface area contributed by atoms with Crippen molar-refractivity contribution >= 4 is 17.6 Å². The number of carbonyl (C=O) groups is 2. The zero-order chi connectivity index (χ0) is 22.9. The van der Waals surface area contributed by atoms with Crippen molar-refractivity contribution in [3.63, 3.8) is 0 Å². The van der Waals surface area contributed by atoms with Crippen molar-refractivity contribution < 1.29 is 27.2 Å². The number of anilines is 1. The number of urea groups is 1. The van der Waals surface area contributed by atoms with Gasteiger partial charge < -0.3 is 20.1 Å². The van der Waals surface area contributed by atoms with Crippen molar-refractivity contribution in [2.24, 2.45) is 0 Å². The van der Waals surface area contributed by atoms with Gasteiger partial charge in [0.25, 0.3) is 5.91 Å². The molecule has 164 valence electrons. The Bertz CT molecular complexity index is 1060. The summed E-state index contributed by atoms with van der Waals surface area (Å²) in [6.07, 6.45) is -3.26. The number of imidazole rings is 1. The van der Waals surface area contributed by atoms with Crippen LogP contribution < -0.4 is 10.6 Å². The summed E-state index contributed by atoms with van der Waals surface area (Å²) in [4.78, 5) is 30.3. The number of rotatable bonds is 3. The first-order chi connectivity index (χ1) is 14.5. The van der Waals surface area contributed by atoms with E-state index < -0.39 is 30.0 Å². The lowest BCUT2D eigenvalue weighted by Crippen LogP contribution is -2.45. The number of carbonyl (C=O) groups excluding carboxylic acids is 2. The molecule has 0 spiro atoms. The van der Waals surface area contributed by atoms with Gasteiger partial charge in [0.1, 0.15) is 17.9 Å². The van der Waals surface area contributed by atoms with Crippen LogP contribution in [-0.2, 0) is 6.54 Å². The van der Waals surface area contributed by atoms with Crippen LogP contribution in [0.4, 0.5) is 28.0 Å². The van der Waals surface area contributed by atoms with Gasteiger partial charge in [-0.05, 0) is 32.0 Å². The highest BCUT2D eigenvalue weighted by atomic mass is 19.4. The molecule has 3 rings (SSSR count).